The average Bonchev–Trinajstić information content (AvgIpc) is 3.28. The molecule has 0 bridgehead atoms. The summed E-state index contributed by atoms with van der Waals surface area (Å²) in [5.74, 6) is 1.40. The largest absolute Gasteiger partial charge is 0.281 e. The second kappa shape index (κ2) is 5.36. The zero-order valence-electron chi connectivity index (χ0n) is 15.5. The van der Waals surface area contributed by atoms with Crippen molar-refractivity contribution in [2.24, 2.45) is 5.92 Å². The third-order valence-corrected chi connectivity index (χ3v) is 6.41. The minimum atomic E-state index is 0.0162. The first-order chi connectivity index (χ1) is 12.4. The van der Waals surface area contributed by atoms with E-state index < -0.39 is 0 Å². The molecule has 0 spiro atoms. The number of nitrogens with one attached hydrogen (secondary N) is 1. The van der Waals surface area contributed by atoms with Crippen molar-refractivity contribution >= 4 is 27.2 Å². The second-order valence-corrected chi connectivity index (χ2v) is 9.48. The van der Waals surface area contributed by atoms with Crippen LogP contribution < -0.4 is 0 Å². The van der Waals surface area contributed by atoms with Crippen molar-refractivity contribution < 1.29 is 0 Å². The maximum atomic E-state index is 4.84. The van der Waals surface area contributed by atoms with Gasteiger partial charge in [0.1, 0.15) is 16.9 Å². The molecule has 4 heterocycles. The minimum absolute atomic E-state index is 0.0162. The number of fused-ring (bicyclic) bond motifs is 5. The van der Waals surface area contributed by atoms with Crippen molar-refractivity contribution in [3.63, 3.8) is 0 Å². The van der Waals surface area contributed by atoms with Crippen LogP contribution in [-0.4, -0.2) is 29.8 Å². The van der Waals surface area contributed by atoms with Crippen LogP contribution in [0.25, 0.3) is 27.4 Å². The Morgan fingerprint density at radius 2 is 2.15 bits per heavy atom. The predicted molar refractivity (Wildman–Crippen MR) is 104 cm³/mol. The highest BCUT2D eigenvalue weighted by Gasteiger charge is 2.24. The molecule has 7 heteroatoms. The summed E-state index contributed by atoms with van der Waals surface area (Å²) >= 11 is 1.82. The van der Waals surface area contributed by atoms with E-state index in [2.05, 4.69) is 48.0 Å². The van der Waals surface area contributed by atoms with Crippen LogP contribution >= 0.6 is 11.3 Å². The van der Waals surface area contributed by atoms with E-state index in [1.54, 1.807) is 10.8 Å². The molecule has 4 aromatic rings. The normalized spacial score (nSPS) is 17.9. The van der Waals surface area contributed by atoms with Crippen LogP contribution in [0.3, 0.4) is 0 Å². The lowest BCUT2D eigenvalue weighted by Crippen LogP contribution is -2.11. The molecule has 0 amide bonds. The van der Waals surface area contributed by atoms with Gasteiger partial charge in [0.15, 0.2) is 5.65 Å². The van der Waals surface area contributed by atoms with Gasteiger partial charge in [0.25, 0.3) is 0 Å². The third-order valence-electron chi connectivity index (χ3n) is 5.25. The lowest BCUT2D eigenvalue weighted by Gasteiger charge is -2.17. The Hall–Kier alpha value is -2.28. The van der Waals surface area contributed by atoms with Crippen LogP contribution in [0.5, 0.6) is 0 Å². The number of hydrogen-bond acceptors (Lipinski definition) is 5. The van der Waals surface area contributed by atoms with E-state index in [1.165, 1.54) is 22.2 Å². The quantitative estimate of drug-likeness (QED) is 0.549. The van der Waals surface area contributed by atoms with Crippen LogP contribution in [0.4, 0.5) is 0 Å². The molecule has 0 fully saturated rings. The smallest absolute Gasteiger partial charge is 0.202 e. The first-order valence-corrected chi connectivity index (χ1v) is 9.93. The molecule has 1 unspecified atom stereocenters. The van der Waals surface area contributed by atoms with Crippen molar-refractivity contribution in [1.29, 1.82) is 0 Å². The molecule has 0 saturated heterocycles. The van der Waals surface area contributed by atoms with E-state index in [0.717, 1.165) is 40.6 Å². The molecule has 134 valence electrons. The fourth-order valence-corrected chi connectivity index (χ4v) is 5.01. The molecule has 1 N–H and O–H groups in total. The van der Waals surface area contributed by atoms with Gasteiger partial charge in [-0.15, -0.1) is 16.4 Å². The van der Waals surface area contributed by atoms with Gasteiger partial charge in [0.05, 0.1) is 5.39 Å². The van der Waals surface area contributed by atoms with Crippen LogP contribution in [0, 0.1) is 5.92 Å². The molecule has 0 aliphatic heterocycles. The molecule has 1 aliphatic rings. The van der Waals surface area contributed by atoms with Gasteiger partial charge in [0.2, 0.25) is 5.82 Å². The van der Waals surface area contributed by atoms with E-state index in [-0.39, 0.29) is 5.41 Å². The topological polar surface area (TPSA) is 71.8 Å². The van der Waals surface area contributed by atoms with Crippen molar-refractivity contribution in [2.45, 2.75) is 52.4 Å². The first-order valence-electron chi connectivity index (χ1n) is 9.12. The molecule has 5 rings (SSSR count). The molecular weight excluding hydrogens is 344 g/mol. The molecule has 1 aliphatic carbocycles. The lowest BCUT2D eigenvalue weighted by molar-refractivity contribution is 0.509. The molecule has 26 heavy (non-hydrogen) atoms. The molecule has 6 nitrogen and oxygen atoms in total. The molecule has 0 saturated carbocycles. The van der Waals surface area contributed by atoms with Gasteiger partial charge >= 0.3 is 0 Å². The zero-order chi connectivity index (χ0) is 18.1. The van der Waals surface area contributed by atoms with Crippen molar-refractivity contribution in [3.8, 4) is 11.5 Å². The highest BCUT2D eigenvalue weighted by atomic mass is 32.1. The van der Waals surface area contributed by atoms with Gasteiger partial charge in [-0.25, -0.2) is 14.5 Å². The van der Waals surface area contributed by atoms with Crippen LogP contribution in [-0.2, 0) is 18.3 Å². The highest BCUT2D eigenvalue weighted by molar-refractivity contribution is 7.19. The van der Waals surface area contributed by atoms with Gasteiger partial charge in [0, 0.05) is 16.0 Å². The number of aryl methyl sites for hydroxylation is 1. The fraction of sp³-hybridized carbons (Fsp3) is 0.474. The van der Waals surface area contributed by atoms with Crippen molar-refractivity contribution in [3.05, 3.63) is 28.5 Å². The maximum absolute atomic E-state index is 4.84. The van der Waals surface area contributed by atoms with Gasteiger partial charge in [-0.1, -0.05) is 27.7 Å². The Labute approximate surface area is 155 Å². The Bertz CT molecular complexity index is 1130. The van der Waals surface area contributed by atoms with Gasteiger partial charge in [-0.2, -0.15) is 5.10 Å². The summed E-state index contributed by atoms with van der Waals surface area (Å²) in [4.78, 5) is 12.0. The van der Waals surface area contributed by atoms with E-state index >= 15 is 0 Å². The van der Waals surface area contributed by atoms with E-state index in [1.807, 2.05) is 17.4 Å². The SMILES string of the molecule is CC1CCc2c(sc3ncn4nc(-c5cc(C(C)(C)C)[nH]n5)nc4c23)C1. The number of thiophene rings is 1. The van der Waals surface area contributed by atoms with Crippen LogP contribution in [0.2, 0.25) is 0 Å². The summed E-state index contributed by atoms with van der Waals surface area (Å²) in [5.41, 5.74) is 4.21. The predicted octanol–water partition coefficient (Wildman–Crippen LogP) is 4.15. The Balaban J connectivity index is 1.68. The summed E-state index contributed by atoms with van der Waals surface area (Å²) in [7, 11) is 0. The fourth-order valence-electron chi connectivity index (χ4n) is 3.67. The van der Waals surface area contributed by atoms with E-state index in [4.69, 9.17) is 4.98 Å². The molecule has 1 atom stereocenters. The Morgan fingerprint density at radius 1 is 1.31 bits per heavy atom. The minimum Gasteiger partial charge on any atom is -0.281 e. The van der Waals surface area contributed by atoms with E-state index in [0.29, 0.717) is 5.82 Å². The van der Waals surface area contributed by atoms with Crippen LogP contribution in [0.1, 0.15) is 50.3 Å². The van der Waals surface area contributed by atoms with Crippen molar-refractivity contribution in [2.75, 3.05) is 0 Å². The zero-order valence-corrected chi connectivity index (χ0v) is 16.3. The Kier molecular flexibility index (Phi) is 3.28. The van der Waals surface area contributed by atoms with Crippen molar-refractivity contribution in [1.82, 2.24) is 29.8 Å². The van der Waals surface area contributed by atoms with Gasteiger partial charge in [-0.3, -0.25) is 5.10 Å². The standard InChI is InChI=1S/C19H22N6S/c1-10-5-6-11-13(7-10)26-18-15(11)17-21-16(24-25(17)9-20-18)12-8-14(23-22-12)19(2,3)4/h8-10H,5-7H2,1-4H3,(H,22,23). The molecule has 4 aromatic heterocycles. The Morgan fingerprint density at radius 3 is 2.92 bits per heavy atom. The summed E-state index contributed by atoms with van der Waals surface area (Å²) in [5, 5.41) is 13.4. The van der Waals surface area contributed by atoms with Gasteiger partial charge in [-0.05, 0) is 36.8 Å². The average molecular weight is 366 g/mol. The second-order valence-electron chi connectivity index (χ2n) is 8.40. The van der Waals surface area contributed by atoms with Gasteiger partial charge < -0.3 is 0 Å². The number of nitrogens with zero attached hydrogens (tertiary/aromatic N) is 5. The number of aromatic nitrogens is 6. The molecule has 0 radical (unpaired) electrons. The summed E-state index contributed by atoms with van der Waals surface area (Å²) in [6.07, 6.45) is 5.26. The molecular formula is C19H22N6S. The van der Waals surface area contributed by atoms with Crippen LogP contribution in [0.15, 0.2) is 12.4 Å². The highest BCUT2D eigenvalue weighted by Crippen LogP contribution is 2.38. The number of rotatable bonds is 1. The third kappa shape index (κ3) is 2.37. The number of hydrogen-bond donors (Lipinski definition) is 1. The van der Waals surface area contributed by atoms with E-state index in [9.17, 15) is 0 Å². The first kappa shape index (κ1) is 15.9. The summed E-state index contributed by atoms with van der Waals surface area (Å²) in [6.45, 7) is 8.81. The number of H-pyrrole nitrogens is 1. The number of aromatic amines is 1. The monoisotopic (exact) mass is 366 g/mol. The summed E-state index contributed by atoms with van der Waals surface area (Å²) in [6, 6.07) is 2.05. The molecule has 0 aromatic carbocycles. The lowest BCUT2D eigenvalue weighted by atomic mass is 9.89. The summed E-state index contributed by atoms with van der Waals surface area (Å²) < 4.78 is 1.80. The maximum Gasteiger partial charge on any atom is 0.202 e.